The van der Waals surface area contributed by atoms with Crippen LogP contribution in [-0.4, -0.2) is 7.11 Å². The molecule has 2 N–H and O–H groups in total. The fraction of sp³-hybridized carbons (Fsp3) is 0.143. The Morgan fingerprint density at radius 1 is 1.05 bits per heavy atom. The highest BCUT2D eigenvalue weighted by Crippen LogP contribution is 2.27. The van der Waals surface area contributed by atoms with Crippen molar-refractivity contribution in [1.82, 2.24) is 0 Å². The van der Waals surface area contributed by atoms with Crippen LogP contribution in [0.2, 0.25) is 0 Å². The average Bonchev–Trinajstić information content (AvgIpc) is 2.41. The zero-order chi connectivity index (χ0) is 14.0. The van der Waals surface area contributed by atoms with Crippen molar-refractivity contribution in [2.45, 2.75) is 6.04 Å². The van der Waals surface area contributed by atoms with Crippen molar-refractivity contribution in [3.8, 4) is 5.75 Å². The molecule has 0 bridgehead atoms. The molecule has 0 aliphatic rings. The van der Waals surface area contributed by atoms with Gasteiger partial charge in [0.15, 0.2) is 11.6 Å². The second-order valence-electron chi connectivity index (χ2n) is 4.05. The smallest absolute Gasteiger partial charge is 0.165 e. The number of nitrogens with two attached hydrogens (primary N) is 1. The quantitative estimate of drug-likeness (QED) is 0.931. The van der Waals surface area contributed by atoms with Crippen LogP contribution >= 0.6 is 15.9 Å². The van der Waals surface area contributed by atoms with Gasteiger partial charge in [0, 0.05) is 0 Å². The molecule has 0 saturated carbocycles. The number of methoxy groups -OCH3 is 1. The lowest BCUT2D eigenvalue weighted by molar-refractivity contribution is 0.386. The predicted molar refractivity (Wildman–Crippen MR) is 73.1 cm³/mol. The van der Waals surface area contributed by atoms with Crippen LogP contribution in [0.25, 0.3) is 0 Å². The summed E-state index contributed by atoms with van der Waals surface area (Å²) in [5.41, 5.74) is 7.33. The second-order valence-corrected chi connectivity index (χ2v) is 4.90. The van der Waals surface area contributed by atoms with Gasteiger partial charge in [0.25, 0.3) is 0 Å². The molecule has 0 saturated heterocycles. The molecular formula is C14H12BrF2NO. The van der Waals surface area contributed by atoms with E-state index in [4.69, 9.17) is 10.5 Å². The van der Waals surface area contributed by atoms with Crippen molar-refractivity contribution in [3.05, 3.63) is 63.6 Å². The molecule has 100 valence electrons. The predicted octanol–water partition coefficient (Wildman–Crippen LogP) is 3.78. The molecule has 0 amide bonds. The van der Waals surface area contributed by atoms with Gasteiger partial charge >= 0.3 is 0 Å². The summed E-state index contributed by atoms with van der Waals surface area (Å²) in [6.45, 7) is 0. The summed E-state index contributed by atoms with van der Waals surface area (Å²) in [6.07, 6.45) is 0. The third kappa shape index (κ3) is 2.93. The maximum Gasteiger partial charge on any atom is 0.165 e. The summed E-state index contributed by atoms with van der Waals surface area (Å²) < 4.78 is 32.0. The number of rotatable bonds is 3. The van der Waals surface area contributed by atoms with Crippen molar-refractivity contribution in [1.29, 1.82) is 0 Å². The van der Waals surface area contributed by atoms with Gasteiger partial charge in [-0.25, -0.2) is 8.78 Å². The number of benzene rings is 2. The van der Waals surface area contributed by atoms with Crippen molar-refractivity contribution in [3.63, 3.8) is 0 Å². The van der Waals surface area contributed by atoms with E-state index in [0.717, 1.165) is 0 Å². The molecule has 0 fully saturated rings. The molecule has 1 unspecified atom stereocenters. The summed E-state index contributed by atoms with van der Waals surface area (Å²) in [6, 6.07) is 8.47. The summed E-state index contributed by atoms with van der Waals surface area (Å²) >= 11 is 3.10. The van der Waals surface area contributed by atoms with Crippen LogP contribution in [0.4, 0.5) is 8.78 Å². The maximum absolute atomic E-state index is 13.6. The van der Waals surface area contributed by atoms with Crippen LogP contribution in [0, 0.1) is 11.6 Å². The molecule has 19 heavy (non-hydrogen) atoms. The molecule has 0 aliphatic carbocycles. The van der Waals surface area contributed by atoms with Crippen LogP contribution < -0.4 is 10.5 Å². The van der Waals surface area contributed by atoms with E-state index in [1.807, 2.05) is 0 Å². The Morgan fingerprint density at radius 2 is 1.68 bits per heavy atom. The van der Waals surface area contributed by atoms with Crippen molar-refractivity contribution >= 4 is 15.9 Å². The van der Waals surface area contributed by atoms with Crippen LogP contribution in [0.5, 0.6) is 5.75 Å². The first kappa shape index (κ1) is 14.0. The first-order valence-corrected chi connectivity index (χ1v) is 6.36. The van der Waals surface area contributed by atoms with E-state index in [1.54, 1.807) is 18.2 Å². The third-order valence-electron chi connectivity index (χ3n) is 2.84. The lowest BCUT2D eigenvalue weighted by Crippen LogP contribution is -2.12. The standard InChI is InChI=1S/C14H12BrF2NO/c1-19-13-5-3-9(7-12(13)17)14(18)8-2-4-11(16)10(15)6-8/h2-7,14H,18H2,1H3. The molecule has 2 aromatic carbocycles. The summed E-state index contributed by atoms with van der Waals surface area (Å²) in [5.74, 6) is -0.676. The lowest BCUT2D eigenvalue weighted by atomic mass is 9.99. The minimum atomic E-state index is -0.530. The number of hydrogen-bond acceptors (Lipinski definition) is 2. The Hall–Kier alpha value is -1.46. The monoisotopic (exact) mass is 327 g/mol. The van der Waals surface area contributed by atoms with Crippen molar-refractivity contribution < 1.29 is 13.5 Å². The second kappa shape index (κ2) is 5.67. The fourth-order valence-electron chi connectivity index (χ4n) is 1.77. The van der Waals surface area contributed by atoms with E-state index in [0.29, 0.717) is 15.6 Å². The van der Waals surface area contributed by atoms with Crippen LogP contribution in [0.1, 0.15) is 17.2 Å². The normalized spacial score (nSPS) is 12.3. The Balaban J connectivity index is 2.35. The number of hydrogen-bond donors (Lipinski definition) is 1. The summed E-state index contributed by atoms with van der Waals surface area (Å²) in [5, 5.41) is 0. The van der Waals surface area contributed by atoms with E-state index < -0.39 is 11.9 Å². The average molecular weight is 328 g/mol. The van der Waals surface area contributed by atoms with Gasteiger partial charge in [-0.2, -0.15) is 0 Å². The van der Waals surface area contributed by atoms with Gasteiger partial charge in [0.1, 0.15) is 5.82 Å². The first-order chi connectivity index (χ1) is 9.02. The molecule has 0 heterocycles. The zero-order valence-corrected chi connectivity index (χ0v) is 11.7. The van der Waals surface area contributed by atoms with Gasteiger partial charge in [0.05, 0.1) is 17.6 Å². The van der Waals surface area contributed by atoms with Gasteiger partial charge in [-0.3, -0.25) is 0 Å². The van der Waals surface area contributed by atoms with Gasteiger partial charge < -0.3 is 10.5 Å². The maximum atomic E-state index is 13.6. The number of halogens is 3. The summed E-state index contributed by atoms with van der Waals surface area (Å²) in [7, 11) is 1.40. The molecule has 5 heteroatoms. The van der Waals surface area contributed by atoms with Crippen molar-refractivity contribution in [2.24, 2.45) is 5.73 Å². The van der Waals surface area contributed by atoms with Crippen molar-refractivity contribution in [2.75, 3.05) is 7.11 Å². The van der Waals surface area contributed by atoms with E-state index in [-0.39, 0.29) is 11.6 Å². The van der Waals surface area contributed by atoms with E-state index in [2.05, 4.69) is 15.9 Å². The Labute approximate surface area is 118 Å². The SMILES string of the molecule is COc1ccc(C(N)c2ccc(F)c(Br)c2)cc1F. The van der Waals surface area contributed by atoms with Crippen LogP contribution in [0.15, 0.2) is 40.9 Å². The molecular weight excluding hydrogens is 316 g/mol. The molecule has 1 atom stereocenters. The molecule has 0 radical (unpaired) electrons. The zero-order valence-electron chi connectivity index (χ0n) is 10.2. The fourth-order valence-corrected chi connectivity index (χ4v) is 2.17. The highest BCUT2D eigenvalue weighted by atomic mass is 79.9. The molecule has 0 aliphatic heterocycles. The van der Waals surface area contributed by atoms with E-state index in [9.17, 15) is 8.78 Å². The van der Waals surface area contributed by atoms with E-state index >= 15 is 0 Å². The molecule has 0 aromatic heterocycles. The molecule has 2 nitrogen and oxygen atoms in total. The van der Waals surface area contributed by atoms with Crippen LogP contribution in [-0.2, 0) is 0 Å². The Morgan fingerprint density at radius 3 is 2.26 bits per heavy atom. The minimum absolute atomic E-state index is 0.163. The molecule has 2 aromatic rings. The largest absolute Gasteiger partial charge is 0.494 e. The highest BCUT2D eigenvalue weighted by Gasteiger charge is 2.13. The molecule has 0 spiro atoms. The topological polar surface area (TPSA) is 35.2 Å². The van der Waals surface area contributed by atoms with Crippen LogP contribution in [0.3, 0.4) is 0 Å². The minimum Gasteiger partial charge on any atom is -0.494 e. The Kier molecular flexibility index (Phi) is 4.17. The Bertz CT molecular complexity index is 604. The third-order valence-corrected chi connectivity index (χ3v) is 3.45. The van der Waals surface area contributed by atoms with Gasteiger partial charge in [-0.05, 0) is 51.3 Å². The first-order valence-electron chi connectivity index (χ1n) is 5.57. The lowest BCUT2D eigenvalue weighted by Gasteiger charge is -2.14. The van der Waals surface area contributed by atoms with Gasteiger partial charge in [-0.15, -0.1) is 0 Å². The van der Waals surface area contributed by atoms with E-state index in [1.165, 1.54) is 25.3 Å². The molecule has 2 rings (SSSR count). The van der Waals surface area contributed by atoms with Gasteiger partial charge in [-0.1, -0.05) is 12.1 Å². The highest BCUT2D eigenvalue weighted by molar-refractivity contribution is 9.10. The summed E-state index contributed by atoms with van der Waals surface area (Å²) in [4.78, 5) is 0. The number of ether oxygens (including phenoxy) is 1. The van der Waals surface area contributed by atoms with Gasteiger partial charge in [0.2, 0.25) is 0 Å².